The molecule has 3 aromatic rings. The molecule has 10 nitrogen and oxygen atoms in total. The van der Waals surface area contributed by atoms with E-state index in [9.17, 15) is 14.4 Å². The van der Waals surface area contributed by atoms with Gasteiger partial charge in [0.15, 0.2) is 18.1 Å². The lowest BCUT2D eigenvalue weighted by Gasteiger charge is -2.14. The Morgan fingerprint density at radius 1 is 0.846 bits per heavy atom. The molecule has 0 heterocycles. The van der Waals surface area contributed by atoms with Gasteiger partial charge in [-0.15, -0.1) is 0 Å². The molecule has 39 heavy (non-hydrogen) atoms. The van der Waals surface area contributed by atoms with Gasteiger partial charge in [0, 0.05) is 12.2 Å². The molecule has 204 valence electrons. The molecular formula is C29H32N4O6. The minimum Gasteiger partial charge on any atom is -0.497 e. The zero-order valence-corrected chi connectivity index (χ0v) is 22.6. The second-order valence-electron chi connectivity index (χ2n) is 8.75. The molecule has 3 rings (SSSR count). The molecule has 0 unspecified atom stereocenters. The van der Waals surface area contributed by atoms with Gasteiger partial charge in [0.05, 0.1) is 20.4 Å². The number of ether oxygens (including phenoxy) is 3. The highest BCUT2D eigenvalue weighted by atomic mass is 16.5. The molecule has 3 amide bonds. The summed E-state index contributed by atoms with van der Waals surface area (Å²) in [6, 6.07) is 16.0. The number of carbonyl (C=O) groups is 3. The van der Waals surface area contributed by atoms with E-state index in [2.05, 4.69) is 21.2 Å². The smallest absolute Gasteiger partial charge is 0.329 e. The van der Waals surface area contributed by atoms with Crippen LogP contribution >= 0.6 is 0 Å². The second-order valence-corrected chi connectivity index (χ2v) is 8.75. The minimum atomic E-state index is -0.906. The highest BCUT2D eigenvalue weighted by molar-refractivity contribution is 6.35. The molecule has 0 aliphatic heterocycles. The zero-order valence-electron chi connectivity index (χ0n) is 22.6. The number of rotatable bonds is 10. The van der Waals surface area contributed by atoms with E-state index in [1.807, 2.05) is 32.9 Å². The van der Waals surface area contributed by atoms with Crippen LogP contribution in [0.2, 0.25) is 0 Å². The average molecular weight is 533 g/mol. The van der Waals surface area contributed by atoms with Crippen molar-refractivity contribution in [2.45, 2.75) is 27.3 Å². The summed E-state index contributed by atoms with van der Waals surface area (Å²) in [6.45, 7) is 5.86. The van der Waals surface area contributed by atoms with Crippen molar-refractivity contribution in [1.82, 2.24) is 10.7 Å². The number of aryl methyl sites for hydroxylation is 3. The van der Waals surface area contributed by atoms with Crippen molar-refractivity contribution in [3.05, 3.63) is 82.4 Å². The third-order valence-corrected chi connectivity index (χ3v) is 5.69. The first-order chi connectivity index (χ1) is 18.7. The van der Waals surface area contributed by atoms with Crippen molar-refractivity contribution in [2.75, 3.05) is 26.1 Å². The van der Waals surface area contributed by atoms with E-state index in [1.54, 1.807) is 49.6 Å². The third-order valence-electron chi connectivity index (χ3n) is 5.69. The van der Waals surface area contributed by atoms with Crippen LogP contribution < -0.4 is 30.3 Å². The Hall–Kier alpha value is -4.86. The summed E-state index contributed by atoms with van der Waals surface area (Å²) in [4.78, 5) is 36.5. The SMILES string of the molecule is COc1ccc(CNC(=O)C(=O)N/N=C\c2ccc(OCC(=O)Nc3c(C)cc(C)cc3C)c(OC)c2)cc1. The van der Waals surface area contributed by atoms with Crippen molar-refractivity contribution < 1.29 is 28.6 Å². The summed E-state index contributed by atoms with van der Waals surface area (Å²) in [7, 11) is 3.03. The van der Waals surface area contributed by atoms with Crippen LogP contribution in [0.15, 0.2) is 59.7 Å². The van der Waals surface area contributed by atoms with Crippen molar-refractivity contribution in [2.24, 2.45) is 5.10 Å². The number of hydrazone groups is 1. The maximum atomic E-state index is 12.5. The topological polar surface area (TPSA) is 127 Å². The van der Waals surface area contributed by atoms with Crippen LogP contribution in [0, 0.1) is 20.8 Å². The van der Waals surface area contributed by atoms with Gasteiger partial charge in [-0.3, -0.25) is 14.4 Å². The molecule has 0 bridgehead atoms. The number of hydrogen-bond donors (Lipinski definition) is 3. The van der Waals surface area contributed by atoms with Crippen LogP contribution in [0.1, 0.15) is 27.8 Å². The molecule has 0 aromatic heterocycles. The Kier molecular flexibility index (Phi) is 10.0. The lowest BCUT2D eigenvalue weighted by atomic mass is 10.1. The number of methoxy groups -OCH3 is 2. The van der Waals surface area contributed by atoms with Gasteiger partial charge < -0.3 is 24.8 Å². The molecule has 0 fully saturated rings. The quantitative estimate of drug-likeness (QED) is 0.209. The summed E-state index contributed by atoms with van der Waals surface area (Å²) in [6.07, 6.45) is 1.36. The number of amides is 3. The maximum absolute atomic E-state index is 12.5. The van der Waals surface area contributed by atoms with Crippen molar-refractivity contribution in [3.8, 4) is 17.2 Å². The zero-order chi connectivity index (χ0) is 28.4. The lowest BCUT2D eigenvalue weighted by Crippen LogP contribution is -2.37. The van der Waals surface area contributed by atoms with Gasteiger partial charge in [-0.05, 0) is 73.4 Å². The van der Waals surface area contributed by atoms with Gasteiger partial charge in [0.1, 0.15) is 5.75 Å². The van der Waals surface area contributed by atoms with E-state index in [1.165, 1.54) is 13.3 Å². The summed E-state index contributed by atoms with van der Waals surface area (Å²) < 4.78 is 16.1. The molecule has 0 aliphatic carbocycles. The van der Waals surface area contributed by atoms with Crippen LogP contribution in [-0.4, -0.2) is 44.8 Å². The number of carbonyl (C=O) groups excluding carboxylic acids is 3. The van der Waals surface area contributed by atoms with E-state index in [0.29, 0.717) is 22.8 Å². The van der Waals surface area contributed by atoms with Gasteiger partial charge in [-0.2, -0.15) is 5.10 Å². The van der Waals surface area contributed by atoms with Crippen LogP contribution in [-0.2, 0) is 20.9 Å². The molecule has 0 spiro atoms. The van der Waals surface area contributed by atoms with Gasteiger partial charge in [-0.1, -0.05) is 29.8 Å². The summed E-state index contributed by atoms with van der Waals surface area (Å²) in [5.74, 6) is -0.592. The number of anilines is 1. The van der Waals surface area contributed by atoms with Crippen LogP contribution in [0.5, 0.6) is 17.2 Å². The Morgan fingerprint density at radius 2 is 1.54 bits per heavy atom. The van der Waals surface area contributed by atoms with Crippen molar-refractivity contribution in [3.63, 3.8) is 0 Å². The number of benzene rings is 3. The Bertz CT molecular complexity index is 1350. The summed E-state index contributed by atoms with van der Waals surface area (Å²) in [5, 5.41) is 9.24. The van der Waals surface area contributed by atoms with Crippen molar-refractivity contribution in [1.29, 1.82) is 0 Å². The molecular weight excluding hydrogens is 500 g/mol. The number of nitrogens with one attached hydrogen (secondary N) is 3. The monoisotopic (exact) mass is 532 g/mol. The summed E-state index contributed by atoms with van der Waals surface area (Å²) in [5.41, 5.74) is 7.42. The summed E-state index contributed by atoms with van der Waals surface area (Å²) >= 11 is 0. The first-order valence-electron chi connectivity index (χ1n) is 12.1. The Morgan fingerprint density at radius 3 is 2.18 bits per heavy atom. The molecule has 3 aromatic carbocycles. The number of hydrogen-bond acceptors (Lipinski definition) is 7. The first-order valence-corrected chi connectivity index (χ1v) is 12.1. The van der Waals surface area contributed by atoms with E-state index < -0.39 is 11.8 Å². The van der Waals surface area contributed by atoms with Crippen molar-refractivity contribution >= 4 is 29.6 Å². The molecule has 0 atom stereocenters. The molecule has 0 saturated heterocycles. The third kappa shape index (κ3) is 8.32. The lowest BCUT2D eigenvalue weighted by molar-refractivity contribution is -0.139. The molecule has 3 N–H and O–H groups in total. The normalized spacial score (nSPS) is 10.6. The Balaban J connectivity index is 1.50. The predicted molar refractivity (Wildman–Crippen MR) is 148 cm³/mol. The fourth-order valence-corrected chi connectivity index (χ4v) is 3.80. The van der Waals surface area contributed by atoms with Gasteiger partial charge in [0.25, 0.3) is 5.91 Å². The van der Waals surface area contributed by atoms with E-state index in [-0.39, 0.29) is 19.1 Å². The van der Waals surface area contributed by atoms with E-state index in [4.69, 9.17) is 14.2 Å². The van der Waals surface area contributed by atoms with E-state index in [0.717, 1.165) is 27.9 Å². The van der Waals surface area contributed by atoms with Crippen LogP contribution in [0.4, 0.5) is 5.69 Å². The minimum absolute atomic E-state index is 0.181. The average Bonchev–Trinajstić information content (AvgIpc) is 2.92. The van der Waals surface area contributed by atoms with Crippen LogP contribution in [0.3, 0.4) is 0 Å². The first kappa shape index (κ1) is 28.7. The van der Waals surface area contributed by atoms with Crippen LogP contribution in [0.25, 0.3) is 0 Å². The predicted octanol–water partition coefficient (Wildman–Crippen LogP) is 3.41. The second kappa shape index (κ2) is 13.6. The fraction of sp³-hybridized carbons (Fsp3) is 0.241. The van der Waals surface area contributed by atoms with Gasteiger partial charge in [0.2, 0.25) is 0 Å². The van der Waals surface area contributed by atoms with E-state index >= 15 is 0 Å². The fourth-order valence-electron chi connectivity index (χ4n) is 3.80. The molecule has 10 heteroatoms. The Labute approximate surface area is 227 Å². The highest BCUT2D eigenvalue weighted by Crippen LogP contribution is 2.28. The molecule has 0 radical (unpaired) electrons. The van der Waals surface area contributed by atoms with Gasteiger partial charge in [-0.25, -0.2) is 5.43 Å². The van der Waals surface area contributed by atoms with Gasteiger partial charge >= 0.3 is 11.8 Å². The number of nitrogens with zero attached hydrogens (tertiary/aromatic N) is 1. The molecule has 0 saturated carbocycles. The largest absolute Gasteiger partial charge is 0.497 e. The standard InChI is InChI=1S/C29H32N4O6/c1-18-12-19(2)27(20(3)13-18)32-26(34)17-39-24-11-8-22(14-25(24)38-5)16-31-33-29(36)28(35)30-15-21-6-9-23(37-4)10-7-21/h6-14,16H,15,17H2,1-5H3,(H,30,35)(H,32,34)(H,33,36)/b31-16-. The highest BCUT2D eigenvalue weighted by Gasteiger charge is 2.13. The molecule has 0 aliphatic rings. The maximum Gasteiger partial charge on any atom is 0.329 e.